The van der Waals surface area contributed by atoms with Crippen molar-refractivity contribution in [2.75, 3.05) is 53.7 Å². The molecule has 4 N–H and O–H groups in total. The number of aromatic nitrogens is 6. The van der Waals surface area contributed by atoms with Crippen molar-refractivity contribution in [3.63, 3.8) is 0 Å². The number of hydrogen-bond donors (Lipinski definition) is 4. The van der Waals surface area contributed by atoms with E-state index >= 15 is 0 Å². The number of methoxy groups -OCH3 is 2. The molecule has 0 aliphatic carbocycles. The van der Waals surface area contributed by atoms with Crippen LogP contribution < -0.4 is 10.6 Å². The number of nitrogens with zero attached hydrogens (tertiary/aromatic N) is 6. The van der Waals surface area contributed by atoms with Crippen LogP contribution in [-0.4, -0.2) is 130 Å². The summed E-state index contributed by atoms with van der Waals surface area (Å²) in [4.78, 5) is 72.6. The first-order chi connectivity index (χ1) is 31.3. The number of aromatic amines is 2. The number of H-pyrrole nitrogens is 2. The molecule has 4 atom stereocenters. The summed E-state index contributed by atoms with van der Waals surface area (Å²) in [6.07, 6.45) is 8.24. The summed E-state index contributed by atoms with van der Waals surface area (Å²) in [7, 11) is 2.61. The molecule has 4 aliphatic heterocycles. The number of rotatable bonds is 11. The Labute approximate surface area is 370 Å². The summed E-state index contributed by atoms with van der Waals surface area (Å²) in [5.41, 5.74) is 5.82. The van der Waals surface area contributed by atoms with Gasteiger partial charge in [-0.15, -0.1) is 10.2 Å². The Morgan fingerprint density at radius 1 is 0.641 bits per heavy atom. The summed E-state index contributed by atoms with van der Waals surface area (Å²) in [5.74, 6) is 1.07. The number of nitrogens with one attached hydrogen (secondary N) is 4. The molecule has 4 aliphatic rings. The quantitative estimate of drug-likeness (QED) is 0.126. The second kappa shape index (κ2) is 19.1. The van der Waals surface area contributed by atoms with Gasteiger partial charge in [-0.05, 0) is 80.9 Å². The summed E-state index contributed by atoms with van der Waals surface area (Å²) in [6, 6.07) is 14.2. The molecule has 0 radical (unpaired) electrons. The number of imidazole rings is 2. The van der Waals surface area contributed by atoms with Crippen molar-refractivity contribution >= 4 is 34.9 Å². The highest BCUT2D eigenvalue weighted by Gasteiger charge is 2.41. The normalized spacial score (nSPS) is 20.5. The van der Waals surface area contributed by atoms with Crippen molar-refractivity contribution in [3.05, 3.63) is 72.6 Å². The molecule has 4 fully saturated rings. The summed E-state index contributed by atoms with van der Waals surface area (Å²) in [5, 5.41) is 15.7. The molecule has 18 heteroatoms. The third-order valence-electron chi connectivity index (χ3n) is 13.2. The summed E-state index contributed by atoms with van der Waals surface area (Å²) >= 11 is 0. The van der Waals surface area contributed by atoms with Gasteiger partial charge in [0.2, 0.25) is 11.8 Å². The van der Waals surface area contributed by atoms with Crippen LogP contribution in [0, 0.1) is 11.8 Å². The topological polar surface area (TPSA) is 219 Å². The van der Waals surface area contributed by atoms with E-state index in [1.807, 2.05) is 58.3 Å². The Kier molecular flexibility index (Phi) is 12.8. The first-order valence-electron chi connectivity index (χ1n) is 22.2. The molecule has 4 unspecified atom stereocenters. The first-order valence-corrected chi connectivity index (χ1v) is 22.2. The summed E-state index contributed by atoms with van der Waals surface area (Å²) < 4.78 is 20.8. The van der Waals surface area contributed by atoms with E-state index in [-0.39, 0.29) is 35.7 Å². The average Bonchev–Trinajstić information content (AvgIpc) is 4.20. The number of ether oxygens (including phenoxy) is 4. The van der Waals surface area contributed by atoms with Crippen LogP contribution in [0.4, 0.5) is 9.59 Å². The maximum atomic E-state index is 14.0. The second-order valence-electron chi connectivity index (χ2n) is 17.0. The van der Waals surface area contributed by atoms with Gasteiger partial charge in [0.05, 0.1) is 61.3 Å². The minimum absolute atomic E-state index is 0.0376. The van der Waals surface area contributed by atoms with E-state index in [0.717, 1.165) is 70.4 Å². The van der Waals surface area contributed by atoms with Gasteiger partial charge in [0, 0.05) is 56.0 Å². The van der Waals surface area contributed by atoms with Crippen molar-refractivity contribution in [3.8, 4) is 33.8 Å². The van der Waals surface area contributed by atoms with Crippen molar-refractivity contribution in [1.82, 2.24) is 50.6 Å². The van der Waals surface area contributed by atoms with Gasteiger partial charge < -0.3 is 49.3 Å². The number of alkyl carbamates (subject to hydrolysis) is 2. The zero-order chi connectivity index (χ0) is 44.2. The van der Waals surface area contributed by atoms with Crippen LogP contribution >= 0.6 is 0 Å². The molecule has 64 heavy (non-hydrogen) atoms. The third-order valence-corrected chi connectivity index (χ3v) is 13.2. The molecule has 0 saturated carbocycles. The Morgan fingerprint density at radius 3 is 1.64 bits per heavy atom. The lowest BCUT2D eigenvalue weighted by Gasteiger charge is -2.34. The van der Waals surface area contributed by atoms with E-state index in [4.69, 9.17) is 28.9 Å². The van der Waals surface area contributed by atoms with E-state index in [9.17, 15) is 19.2 Å². The van der Waals surface area contributed by atoms with Crippen LogP contribution in [0.2, 0.25) is 0 Å². The number of hydrogen-bond acceptors (Lipinski definition) is 12. The molecule has 3 aromatic heterocycles. The molecule has 0 bridgehead atoms. The largest absolute Gasteiger partial charge is 0.453 e. The van der Waals surface area contributed by atoms with Crippen LogP contribution in [0.15, 0.2) is 60.9 Å². The average molecular weight is 875 g/mol. The number of amides is 4. The Balaban J connectivity index is 0.862. The highest BCUT2D eigenvalue weighted by molar-refractivity contribution is 5.88. The van der Waals surface area contributed by atoms with Gasteiger partial charge in [-0.3, -0.25) is 9.59 Å². The minimum Gasteiger partial charge on any atom is -0.453 e. The Morgan fingerprint density at radius 2 is 1.12 bits per heavy atom. The maximum Gasteiger partial charge on any atom is 0.407 e. The lowest BCUT2D eigenvalue weighted by atomic mass is 9.90. The minimum atomic E-state index is -0.701. The molecular formula is C46H54N10O8. The second-order valence-corrected chi connectivity index (χ2v) is 17.0. The number of benzene rings is 2. The van der Waals surface area contributed by atoms with Crippen LogP contribution in [0.1, 0.15) is 75.1 Å². The van der Waals surface area contributed by atoms with Crippen LogP contribution in [0.5, 0.6) is 0 Å². The molecule has 18 nitrogen and oxygen atoms in total. The maximum absolute atomic E-state index is 14.0. The lowest BCUT2D eigenvalue weighted by Crippen LogP contribution is -2.53. The van der Waals surface area contributed by atoms with Crippen molar-refractivity contribution in [1.29, 1.82) is 0 Å². The Hall–Kier alpha value is -6.40. The van der Waals surface area contributed by atoms with Gasteiger partial charge >= 0.3 is 12.2 Å². The molecule has 2 aromatic carbocycles. The van der Waals surface area contributed by atoms with Gasteiger partial charge in [-0.1, -0.05) is 36.4 Å². The molecule has 5 aromatic rings. The van der Waals surface area contributed by atoms with E-state index in [0.29, 0.717) is 76.8 Å². The van der Waals surface area contributed by atoms with Crippen LogP contribution in [-0.2, 0) is 28.5 Å². The van der Waals surface area contributed by atoms with Crippen molar-refractivity contribution < 1.29 is 38.1 Å². The summed E-state index contributed by atoms with van der Waals surface area (Å²) in [6.45, 7) is 3.35. The fourth-order valence-electron chi connectivity index (χ4n) is 9.69. The van der Waals surface area contributed by atoms with Crippen LogP contribution in [0.25, 0.3) is 44.7 Å². The van der Waals surface area contributed by atoms with Crippen molar-refractivity contribution in [2.45, 2.75) is 75.5 Å². The number of carbonyl (C=O) groups excluding carboxylic acids is 4. The molecule has 4 saturated heterocycles. The van der Waals surface area contributed by atoms with E-state index in [2.05, 4.69) is 30.8 Å². The lowest BCUT2D eigenvalue weighted by molar-refractivity contribution is -0.137. The van der Waals surface area contributed by atoms with Gasteiger partial charge in [-0.25, -0.2) is 19.6 Å². The molecule has 7 heterocycles. The number of likely N-dealkylation sites (tertiary alicyclic amines) is 2. The van der Waals surface area contributed by atoms with Gasteiger partial charge in [0.25, 0.3) is 0 Å². The smallest absolute Gasteiger partial charge is 0.407 e. The molecule has 4 amide bonds. The van der Waals surface area contributed by atoms with Crippen LogP contribution in [0.3, 0.4) is 0 Å². The Bertz CT molecular complexity index is 2460. The number of fused-ring (bicyclic) bond motifs is 1. The van der Waals surface area contributed by atoms with Gasteiger partial charge in [0.15, 0.2) is 0 Å². The third kappa shape index (κ3) is 9.01. The highest BCUT2D eigenvalue weighted by atomic mass is 16.5. The molecule has 0 spiro atoms. The zero-order valence-electron chi connectivity index (χ0n) is 36.1. The SMILES string of the molecule is COC(=O)NC(C(=O)N1CCCC1c1ncc(-c2ccc(-c3cc4ccc(-c5cnc(C6CCCN6C(=O)C(NC(=O)OC)C6CCOCC6)[nH]5)cc4nn3)cc2)[nH]1)C1CCOCC1. The first kappa shape index (κ1) is 42.9. The van der Waals surface area contributed by atoms with E-state index < -0.39 is 24.3 Å². The monoisotopic (exact) mass is 874 g/mol. The predicted molar refractivity (Wildman–Crippen MR) is 233 cm³/mol. The van der Waals surface area contributed by atoms with Crippen molar-refractivity contribution in [2.24, 2.45) is 11.8 Å². The predicted octanol–water partition coefficient (Wildman–Crippen LogP) is 5.71. The molecular weight excluding hydrogens is 821 g/mol. The molecule has 336 valence electrons. The van der Waals surface area contributed by atoms with E-state index in [1.54, 1.807) is 12.4 Å². The standard InChI is InChI=1S/C46H54N10O8/c1-61-45(59)51-39(29-13-19-63-20-14-29)43(57)55-17-3-5-37(55)41-47-25-35(49-41)28-9-7-27(8-10-28)33-23-31-11-12-32(24-34(31)54-53-33)36-26-48-42(50-36)38-6-4-18-56(38)44(58)40(52-46(60)62-2)30-15-21-64-22-16-30/h7-12,23-26,29-30,37-40H,3-6,13-22H2,1-2H3,(H,47,49)(H,48,50)(H,51,59)(H,52,60). The van der Waals surface area contributed by atoms with Gasteiger partial charge in [0.1, 0.15) is 23.7 Å². The fourth-order valence-corrected chi connectivity index (χ4v) is 9.69. The van der Waals surface area contributed by atoms with Gasteiger partial charge in [-0.2, -0.15) is 0 Å². The zero-order valence-corrected chi connectivity index (χ0v) is 36.1. The highest BCUT2D eigenvalue weighted by Crippen LogP contribution is 2.36. The fraction of sp³-hybridized carbons (Fsp3) is 0.478. The number of carbonyl (C=O) groups is 4. The molecule has 9 rings (SSSR count). The van der Waals surface area contributed by atoms with E-state index in [1.165, 1.54) is 14.2 Å².